The van der Waals surface area contributed by atoms with Gasteiger partial charge in [-0.25, -0.2) is 9.97 Å². The molecule has 1 amide bonds. The van der Waals surface area contributed by atoms with Gasteiger partial charge < -0.3 is 14.0 Å². The number of imidazole rings is 1. The van der Waals surface area contributed by atoms with Crippen molar-refractivity contribution in [3.8, 4) is 28.4 Å². The van der Waals surface area contributed by atoms with Crippen LogP contribution in [0.2, 0.25) is 0 Å². The van der Waals surface area contributed by atoms with Crippen LogP contribution >= 0.6 is 11.3 Å². The molecular formula is C21H18N4O3S. The van der Waals surface area contributed by atoms with Gasteiger partial charge in [-0.15, -0.1) is 11.3 Å². The number of thiazole rings is 1. The van der Waals surface area contributed by atoms with Gasteiger partial charge in [0.15, 0.2) is 16.6 Å². The average molecular weight is 406 g/mol. The van der Waals surface area contributed by atoms with Crippen LogP contribution < -0.4 is 14.8 Å². The molecule has 0 saturated heterocycles. The third-order valence-corrected chi connectivity index (χ3v) is 5.09. The number of nitrogens with zero attached hydrogens (tertiary/aromatic N) is 3. The van der Waals surface area contributed by atoms with Gasteiger partial charge in [-0.05, 0) is 42.5 Å². The second kappa shape index (κ2) is 8.15. The number of anilines is 1. The quantitative estimate of drug-likeness (QED) is 0.517. The van der Waals surface area contributed by atoms with Crippen molar-refractivity contribution in [2.45, 2.75) is 0 Å². The van der Waals surface area contributed by atoms with Crippen molar-refractivity contribution in [1.29, 1.82) is 0 Å². The molecule has 0 aliphatic rings. The molecular weight excluding hydrogens is 388 g/mol. The van der Waals surface area contributed by atoms with Crippen molar-refractivity contribution in [1.82, 2.24) is 14.5 Å². The number of ether oxygens (including phenoxy) is 2. The SMILES string of the molecule is COc1ccc(-c2csc(NC(=O)c3ccc(-n4ccnc4)cc3)n2)cc1OC. The lowest BCUT2D eigenvalue weighted by molar-refractivity contribution is 0.102. The molecule has 0 saturated carbocycles. The molecule has 29 heavy (non-hydrogen) atoms. The summed E-state index contributed by atoms with van der Waals surface area (Å²) in [6.07, 6.45) is 5.26. The van der Waals surface area contributed by atoms with Crippen LogP contribution in [0, 0.1) is 0 Å². The number of aromatic nitrogens is 3. The van der Waals surface area contributed by atoms with E-state index >= 15 is 0 Å². The fourth-order valence-electron chi connectivity index (χ4n) is 2.83. The van der Waals surface area contributed by atoms with Gasteiger partial charge in [0, 0.05) is 34.6 Å². The Kier molecular flexibility index (Phi) is 5.26. The second-order valence-electron chi connectivity index (χ2n) is 6.08. The summed E-state index contributed by atoms with van der Waals surface area (Å²) in [6.45, 7) is 0. The Bertz CT molecular complexity index is 1120. The summed E-state index contributed by atoms with van der Waals surface area (Å²) in [6, 6.07) is 12.9. The zero-order valence-electron chi connectivity index (χ0n) is 15.8. The second-order valence-corrected chi connectivity index (χ2v) is 6.94. The van der Waals surface area contributed by atoms with Gasteiger partial charge in [-0.3, -0.25) is 10.1 Å². The van der Waals surface area contributed by atoms with E-state index in [2.05, 4.69) is 15.3 Å². The number of nitrogens with one attached hydrogen (secondary N) is 1. The van der Waals surface area contributed by atoms with Gasteiger partial charge >= 0.3 is 0 Å². The van der Waals surface area contributed by atoms with Crippen LogP contribution in [0.15, 0.2) is 66.6 Å². The standard InChI is InChI=1S/C21H18N4O3S/c1-27-18-8-5-15(11-19(18)28-2)17-12-29-21(23-17)24-20(26)14-3-6-16(7-4-14)25-10-9-22-13-25/h3-13H,1-2H3,(H,23,24,26). The summed E-state index contributed by atoms with van der Waals surface area (Å²) in [5.41, 5.74) is 3.12. The number of carbonyl (C=O) groups excluding carboxylic acids is 1. The number of benzene rings is 2. The number of carbonyl (C=O) groups is 1. The molecule has 0 spiro atoms. The summed E-state index contributed by atoms with van der Waals surface area (Å²) >= 11 is 1.36. The van der Waals surface area contributed by atoms with Gasteiger partial charge in [-0.2, -0.15) is 0 Å². The van der Waals surface area contributed by atoms with Crippen LogP contribution in [-0.4, -0.2) is 34.7 Å². The maximum Gasteiger partial charge on any atom is 0.257 e. The minimum absolute atomic E-state index is 0.213. The van der Waals surface area contributed by atoms with E-state index in [-0.39, 0.29) is 5.91 Å². The highest BCUT2D eigenvalue weighted by Gasteiger charge is 2.12. The topological polar surface area (TPSA) is 78.3 Å². The summed E-state index contributed by atoms with van der Waals surface area (Å²) in [5, 5.41) is 5.26. The molecule has 0 fully saturated rings. The minimum Gasteiger partial charge on any atom is -0.493 e. The van der Waals surface area contributed by atoms with Crippen LogP contribution in [-0.2, 0) is 0 Å². The highest BCUT2D eigenvalue weighted by Crippen LogP contribution is 2.33. The van der Waals surface area contributed by atoms with E-state index in [4.69, 9.17) is 9.47 Å². The first-order valence-electron chi connectivity index (χ1n) is 8.75. The molecule has 8 heteroatoms. The predicted molar refractivity (Wildman–Crippen MR) is 112 cm³/mol. The average Bonchev–Trinajstić information content (AvgIpc) is 3.46. The zero-order valence-corrected chi connectivity index (χ0v) is 16.6. The first kappa shape index (κ1) is 18.7. The molecule has 0 aliphatic heterocycles. The first-order chi connectivity index (χ1) is 14.2. The number of hydrogen-bond acceptors (Lipinski definition) is 6. The van der Waals surface area contributed by atoms with Crippen molar-refractivity contribution in [3.63, 3.8) is 0 Å². The predicted octanol–water partition coefficient (Wildman–Crippen LogP) is 4.27. The van der Waals surface area contributed by atoms with E-state index < -0.39 is 0 Å². The third kappa shape index (κ3) is 3.97. The highest BCUT2D eigenvalue weighted by molar-refractivity contribution is 7.14. The molecule has 7 nitrogen and oxygen atoms in total. The lowest BCUT2D eigenvalue weighted by Gasteiger charge is -2.08. The molecule has 0 unspecified atom stereocenters. The lowest BCUT2D eigenvalue weighted by atomic mass is 10.1. The smallest absolute Gasteiger partial charge is 0.257 e. The number of methoxy groups -OCH3 is 2. The molecule has 146 valence electrons. The van der Waals surface area contributed by atoms with Gasteiger partial charge in [-0.1, -0.05) is 0 Å². The Hall–Kier alpha value is -3.65. The molecule has 0 radical (unpaired) electrons. The normalized spacial score (nSPS) is 10.6. The fraction of sp³-hybridized carbons (Fsp3) is 0.0952. The molecule has 2 aromatic carbocycles. The maximum absolute atomic E-state index is 12.5. The van der Waals surface area contributed by atoms with Crippen LogP contribution in [0.5, 0.6) is 11.5 Å². The third-order valence-electron chi connectivity index (χ3n) is 4.34. The van der Waals surface area contributed by atoms with E-state index in [9.17, 15) is 4.79 Å². The van der Waals surface area contributed by atoms with Crippen molar-refractivity contribution in [3.05, 3.63) is 72.1 Å². The van der Waals surface area contributed by atoms with Crippen LogP contribution in [0.3, 0.4) is 0 Å². The minimum atomic E-state index is -0.213. The van der Waals surface area contributed by atoms with Crippen LogP contribution in [0.25, 0.3) is 16.9 Å². The monoisotopic (exact) mass is 406 g/mol. The van der Waals surface area contributed by atoms with E-state index in [0.29, 0.717) is 22.2 Å². The van der Waals surface area contributed by atoms with Crippen molar-refractivity contribution < 1.29 is 14.3 Å². The van der Waals surface area contributed by atoms with Crippen molar-refractivity contribution in [2.75, 3.05) is 19.5 Å². The molecule has 2 aromatic heterocycles. The first-order valence-corrected chi connectivity index (χ1v) is 9.63. The fourth-order valence-corrected chi connectivity index (χ4v) is 3.54. The molecule has 1 N–H and O–H groups in total. The van der Waals surface area contributed by atoms with Crippen molar-refractivity contribution in [2.24, 2.45) is 0 Å². The van der Waals surface area contributed by atoms with Crippen LogP contribution in [0.1, 0.15) is 10.4 Å². The molecule has 4 aromatic rings. The Balaban J connectivity index is 1.48. The van der Waals surface area contributed by atoms with E-state index in [1.807, 2.05) is 46.5 Å². The molecule has 4 rings (SSSR count). The molecule has 0 aliphatic carbocycles. The van der Waals surface area contributed by atoms with Gasteiger partial charge in [0.25, 0.3) is 5.91 Å². The maximum atomic E-state index is 12.5. The summed E-state index contributed by atoms with van der Waals surface area (Å²) in [5.74, 6) is 1.07. The van der Waals surface area contributed by atoms with E-state index in [0.717, 1.165) is 16.9 Å². The van der Waals surface area contributed by atoms with Crippen LogP contribution in [0.4, 0.5) is 5.13 Å². The Labute approximate surface area is 171 Å². The number of rotatable bonds is 6. The lowest BCUT2D eigenvalue weighted by Crippen LogP contribution is -2.11. The number of amides is 1. The van der Waals surface area contributed by atoms with Gasteiger partial charge in [0.2, 0.25) is 0 Å². The Morgan fingerprint density at radius 2 is 1.86 bits per heavy atom. The summed E-state index contributed by atoms with van der Waals surface area (Å²) < 4.78 is 12.5. The number of hydrogen-bond donors (Lipinski definition) is 1. The molecule has 0 bridgehead atoms. The van der Waals surface area contributed by atoms with Crippen molar-refractivity contribution >= 4 is 22.4 Å². The highest BCUT2D eigenvalue weighted by atomic mass is 32.1. The summed E-state index contributed by atoms with van der Waals surface area (Å²) in [4.78, 5) is 21.1. The Morgan fingerprint density at radius 1 is 1.07 bits per heavy atom. The van der Waals surface area contributed by atoms with E-state index in [1.54, 1.807) is 38.9 Å². The van der Waals surface area contributed by atoms with Gasteiger partial charge in [0.1, 0.15) is 0 Å². The van der Waals surface area contributed by atoms with Gasteiger partial charge in [0.05, 0.1) is 26.2 Å². The zero-order chi connectivity index (χ0) is 20.2. The molecule has 0 atom stereocenters. The largest absolute Gasteiger partial charge is 0.493 e. The summed E-state index contributed by atoms with van der Waals surface area (Å²) in [7, 11) is 3.18. The van der Waals surface area contributed by atoms with E-state index in [1.165, 1.54) is 11.3 Å². The molecule has 2 heterocycles. The Morgan fingerprint density at radius 3 is 2.55 bits per heavy atom.